The quantitative estimate of drug-likeness (QED) is 0.679. The van der Waals surface area contributed by atoms with Crippen molar-refractivity contribution in [2.45, 2.75) is 39.8 Å². The summed E-state index contributed by atoms with van der Waals surface area (Å²) in [5.41, 5.74) is 6.81. The van der Waals surface area contributed by atoms with Gasteiger partial charge in [0, 0.05) is 5.56 Å². The highest BCUT2D eigenvalue weighted by molar-refractivity contribution is 7.98. The number of hydrogen-bond donors (Lipinski definition) is 1. The monoisotopic (exact) mass is 313 g/mol. The van der Waals surface area contributed by atoms with Gasteiger partial charge in [0.05, 0.1) is 5.69 Å². The van der Waals surface area contributed by atoms with Crippen molar-refractivity contribution in [3.8, 4) is 17.3 Å². The molecule has 0 aliphatic carbocycles. The van der Waals surface area contributed by atoms with E-state index in [4.69, 9.17) is 0 Å². The van der Waals surface area contributed by atoms with E-state index in [1.165, 1.54) is 28.5 Å². The fourth-order valence-corrected chi connectivity index (χ4v) is 3.07. The van der Waals surface area contributed by atoms with Gasteiger partial charge in [-0.3, -0.25) is 4.79 Å². The van der Waals surface area contributed by atoms with Crippen molar-refractivity contribution in [1.29, 1.82) is 5.26 Å². The summed E-state index contributed by atoms with van der Waals surface area (Å²) in [6, 6.07) is 2.01. The van der Waals surface area contributed by atoms with Crippen molar-refractivity contribution >= 4 is 11.8 Å². The van der Waals surface area contributed by atoms with Crippen LogP contribution in [0.3, 0.4) is 0 Å². The Kier molecular flexibility index (Phi) is 4.43. The average molecular weight is 313 g/mol. The molecule has 0 atom stereocenters. The van der Waals surface area contributed by atoms with Gasteiger partial charge >= 0.3 is 0 Å². The summed E-state index contributed by atoms with van der Waals surface area (Å²) in [6.45, 7) is 10.3. The van der Waals surface area contributed by atoms with Crippen LogP contribution in [0.4, 0.5) is 0 Å². The molecule has 2 aromatic rings. The van der Waals surface area contributed by atoms with Gasteiger partial charge in [-0.1, -0.05) is 11.8 Å². The maximum absolute atomic E-state index is 12.2. The van der Waals surface area contributed by atoms with Gasteiger partial charge in [-0.05, 0) is 68.7 Å². The zero-order valence-corrected chi connectivity index (χ0v) is 14.5. The second-order valence-corrected chi connectivity index (χ2v) is 6.21. The van der Waals surface area contributed by atoms with Crippen LogP contribution < -0.4 is 5.56 Å². The van der Waals surface area contributed by atoms with Crippen molar-refractivity contribution in [2.75, 3.05) is 6.26 Å². The van der Waals surface area contributed by atoms with Crippen LogP contribution in [0.1, 0.15) is 33.4 Å². The number of aromatic nitrogens is 2. The molecule has 0 bridgehead atoms. The van der Waals surface area contributed by atoms with Crippen LogP contribution in [0.15, 0.2) is 9.95 Å². The number of nitrogens with one attached hydrogen (secondary N) is 1. The molecule has 5 heteroatoms. The van der Waals surface area contributed by atoms with E-state index >= 15 is 0 Å². The van der Waals surface area contributed by atoms with Crippen molar-refractivity contribution < 1.29 is 0 Å². The predicted octanol–water partition coefficient (Wildman–Crippen LogP) is 3.57. The van der Waals surface area contributed by atoms with E-state index in [1.54, 1.807) is 0 Å². The Morgan fingerprint density at radius 3 is 1.95 bits per heavy atom. The second-order valence-electron chi connectivity index (χ2n) is 5.41. The molecule has 1 aromatic heterocycles. The highest BCUT2D eigenvalue weighted by Crippen LogP contribution is 2.34. The van der Waals surface area contributed by atoms with Gasteiger partial charge in [0.2, 0.25) is 0 Å². The number of rotatable bonds is 2. The molecule has 22 heavy (non-hydrogen) atoms. The minimum atomic E-state index is -0.383. The lowest BCUT2D eigenvalue weighted by Crippen LogP contribution is -2.16. The molecule has 0 saturated carbocycles. The molecular formula is C17H19N3OS. The van der Waals surface area contributed by atoms with Gasteiger partial charge in [-0.15, -0.1) is 0 Å². The number of H-pyrrole nitrogens is 1. The van der Waals surface area contributed by atoms with E-state index in [0.717, 1.165) is 16.7 Å². The number of aromatic amines is 1. The summed E-state index contributed by atoms with van der Waals surface area (Å²) < 4.78 is 0. The third-order valence-corrected chi connectivity index (χ3v) is 5.02. The van der Waals surface area contributed by atoms with E-state index in [2.05, 4.69) is 30.7 Å². The van der Waals surface area contributed by atoms with Gasteiger partial charge in [0.15, 0.2) is 5.16 Å². The smallest absolute Gasteiger partial charge is 0.270 e. The van der Waals surface area contributed by atoms with Crippen LogP contribution in [0, 0.1) is 45.9 Å². The molecule has 1 heterocycles. The summed E-state index contributed by atoms with van der Waals surface area (Å²) in [5, 5.41) is 9.90. The van der Waals surface area contributed by atoms with Crippen LogP contribution in [0.5, 0.6) is 0 Å². The lowest BCUT2D eigenvalue weighted by Gasteiger charge is -2.19. The zero-order valence-electron chi connectivity index (χ0n) is 13.7. The molecule has 1 N–H and O–H groups in total. The number of hydrogen-bond acceptors (Lipinski definition) is 4. The van der Waals surface area contributed by atoms with Crippen LogP contribution in [-0.2, 0) is 0 Å². The molecule has 1 aromatic carbocycles. The molecule has 0 unspecified atom stereocenters. The highest BCUT2D eigenvalue weighted by Gasteiger charge is 2.20. The first kappa shape index (κ1) is 16.3. The largest absolute Gasteiger partial charge is 0.300 e. The van der Waals surface area contributed by atoms with Crippen molar-refractivity contribution in [3.63, 3.8) is 0 Å². The van der Waals surface area contributed by atoms with E-state index in [1.807, 2.05) is 26.2 Å². The molecule has 0 amide bonds. The summed E-state index contributed by atoms with van der Waals surface area (Å²) in [5.74, 6) is 0. The van der Waals surface area contributed by atoms with E-state index in [9.17, 15) is 10.1 Å². The maximum Gasteiger partial charge on any atom is 0.270 e. The lowest BCUT2D eigenvalue weighted by atomic mass is 9.87. The third kappa shape index (κ3) is 2.44. The van der Waals surface area contributed by atoms with Crippen LogP contribution >= 0.6 is 11.8 Å². The Balaban J connectivity index is 2.98. The predicted molar refractivity (Wildman–Crippen MR) is 90.5 cm³/mol. The summed E-state index contributed by atoms with van der Waals surface area (Å²) >= 11 is 1.36. The molecule has 114 valence electrons. The molecule has 0 radical (unpaired) electrons. The number of nitriles is 1. The first-order valence-electron chi connectivity index (χ1n) is 6.99. The SMILES string of the molecule is CSc1nc(-c2c(C)c(C)c(C)c(C)c2C)c(C#N)c(=O)[nH]1. The minimum absolute atomic E-state index is 0.0756. The van der Waals surface area contributed by atoms with Gasteiger partial charge in [0.1, 0.15) is 11.6 Å². The first-order valence-corrected chi connectivity index (χ1v) is 8.21. The Bertz CT molecular complexity index is 831. The van der Waals surface area contributed by atoms with Crippen LogP contribution in [-0.4, -0.2) is 16.2 Å². The molecule has 0 spiro atoms. The average Bonchev–Trinajstić information content (AvgIpc) is 2.50. The number of nitrogens with zero attached hydrogens (tertiary/aromatic N) is 2. The minimum Gasteiger partial charge on any atom is -0.300 e. The third-order valence-electron chi connectivity index (χ3n) is 4.44. The zero-order chi connectivity index (χ0) is 16.6. The second kappa shape index (κ2) is 5.98. The molecule has 0 aliphatic rings. The summed E-state index contributed by atoms with van der Waals surface area (Å²) in [7, 11) is 0. The van der Waals surface area contributed by atoms with E-state index in [-0.39, 0.29) is 11.1 Å². The Hall–Kier alpha value is -2.06. The standard InChI is InChI=1S/C17H19N3OS/c1-8-9(2)11(4)14(12(5)10(8)3)15-13(7-18)16(21)20-17(19-15)22-6/h1-6H3,(H,19,20,21). The lowest BCUT2D eigenvalue weighted by molar-refractivity contribution is 0.934. The van der Waals surface area contributed by atoms with Gasteiger partial charge in [-0.25, -0.2) is 4.98 Å². The molecular weight excluding hydrogens is 294 g/mol. The van der Waals surface area contributed by atoms with Crippen molar-refractivity contribution in [2.24, 2.45) is 0 Å². The Labute approximate surface area is 134 Å². The molecule has 0 saturated heterocycles. The number of thioether (sulfide) groups is 1. The molecule has 4 nitrogen and oxygen atoms in total. The fraction of sp³-hybridized carbons (Fsp3) is 0.353. The summed E-state index contributed by atoms with van der Waals surface area (Å²) in [6.07, 6.45) is 1.85. The van der Waals surface area contributed by atoms with Gasteiger partial charge < -0.3 is 4.98 Å². The molecule has 0 fully saturated rings. The molecule has 0 aliphatic heterocycles. The van der Waals surface area contributed by atoms with Crippen molar-refractivity contribution in [1.82, 2.24) is 9.97 Å². The first-order chi connectivity index (χ1) is 10.3. The summed E-state index contributed by atoms with van der Waals surface area (Å²) in [4.78, 5) is 19.3. The molecule has 2 rings (SSSR count). The van der Waals surface area contributed by atoms with Gasteiger partial charge in [0.25, 0.3) is 5.56 Å². The fourth-order valence-electron chi connectivity index (χ4n) is 2.69. The Morgan fingerprint density at radius 2 is 1.50 bits per heavy atom. The van der Waals surface area contributed by atoms with Crippen LogP contribution in [0.25, 0.3) is 11.3 Å². The van der Waals surface area contributed by atoms with Gasteiger partial charge in [-0.2, -0.15) is 5.26 Å². The topological polar surface area (TPSA) is 69.5 Å². The normalized spacial score (nSPS) is 10.6. The van der Waals surface area contributed by atoms with E-state index in [0.29, 0.717) is 10.9 Å². The van der Waals surface area contributed by atoms with Crippen LogP contribution in [0.2, 0.25) is 0 Å². The Morgan fingerprint density at radius 1 is 1.00 bits per heavy atom. The maximum atomic E-state index is 12.2. The van der Waals surface area contributed by atoms with Crippen molar-refractivity contribution in [3.05, 3.63) is 43.7 Å². The highest BCUT2D eigenvalue weighted by atomic mass is 32.2. The number of benzene rings is 1. The van der Waals surface area contributed by atoms with E-state index < -0.39 is 0 Å².